The van der Waals surface area contributed by atoms with Gasteiger partial charge in [-0.25, -0.2) is 0 Å². The van der Waals surface area contributed by atoms with E-state index in [2.05, 4.69) is 24.8 Å². The first-order valence-corrected chi connectivity index (χ1v) is 4.65. The summed E-state index contributed by atoms with van der Waals surface area (Å²) in [5.74, 6) is 0.575. The molecule has 0 aromatic carbocycles. The van der Waals surface area contributed by atoms with Crippen LogP contribution >= 0.6 is 0 Å². The Balaban J connectivity index is 2.62. The number of hydrogen-bond acceptors (Lipinski definition) is 2. The standard InChI is InChI=1S/C10H19NO/c1-8(2)9-4-5-11(3)7-10(12)6-9/h4,8,10,12H,5-7H2,1-3H3/t10-/m0/s1. The summed E-state index contributed by atoms with van der Waals surface area (Å²) >= 11 is 0. The number of hydrogen-bond donors (Lipinski definition) is 1. The van der Waals surface area contributed by atoms with Crippen LogP contribution in [0.1, 0.15) is 20.3 Å². The predicted octanol–water partition coefficient (Wildman–Crippen LogP) is 1.27. The van der Waals surface area contributed by atoms with E-state index in [0.717, 1.165) is 19.5 Å². The van der Waals surface area contributed by atoms with Crippen molar-refractivity contribution < 1.29 is 5.11 Å². The maximum atomic E-state index is 9.60. The fraction of sp³-hybridized carbons (Fsp3) is 0.800. The number of aliphatic hydroxyl groups is 1. The highest BCUT2D eigenvalue weighted by Gasteiger charge is 2.15. The van der Waals surface area contributed by atoms with Gasteiger partial charge in [-0.05, 0) is 19.4 Å². The molecule has 1 heterocycles. The highest BCUT2D eigenvalue weighted by molar-refractivity contribution is 5.09. The lowest BCUT2D eigenvalue weighted by Crippen LogP contribution is -2.27. The van der Waals surface area contributed by atoms with Crippen molar-refractivity contribution in [3.8, 4) is 0 Å². The molecule has 1 aliphatic heterocycles. The second kappa shape index (κ2) is 4.06. The van der Waals surface area contributed by atoms with Gasteiger partial charge in [0, 0.05) is 13.1 Å². The topological polar surface area (TPSA) is 23.5 Å². The predicted molar refractivity (Wildman–Crippen MR) is 51.0 cm³/mol. The fourth-order valence-corrected chi connectivity index (χ4v) is 1.60. The van der Waals surface area contributed by atoms with Crippen LogP contribution in [0.4, 0.5) is 0 Å². The molecule has 0 aromatic heterocycles. The fourth-order valence-electron chi connectivity index (χ4n) is 1.60. The zero-order valence-electron chi connectivity index (χ0n) is 8.25. The lowest BCUT2D eigenvalue weighted by atomic mass is 9.98. The zero-order chi connectivity index (χ0) is 9.14. The molecule has 12 heavy (non-hydrogen) atoms. The number of nitrogens with zero attached hydrogens (tertiary/aromatic N) is 1. The van der Waals surface area contributed by atoms with E-state index in [-0.39, 0.29) is 6.10 Å². The van der Waals surface area contributed by atoms with Gasteiger partial charge in [-0.15, -0.1) is 0 Å². The molecule has 0 bridgehead atoms. The Hall–Kier alpha value is -0.340. The summed E-state index contributed by atoms with van der Waals surface area (Å²) in [5, 5.41) is 9.60. The molecular formula is C10H19NO. The minimum atomic E-state index is -0.175. The second-order valence-corrected chi connectivity index (χ2v) is 4.01. The first kappa shape index (κ1) is 9.75. The van der Waals surface area contributed by atoms with E-state index < -0.39 is 0 Å². The minimum absolute atomic E-state index is 0.175. The maximum Gasteiger partial charge on any atom is 0.0704 e. The lowest BCUT2D eigenvalue weighted by Gasteiger charge is -2.15. The van der Waals surface area contributed by atoms with Gasteiger partial charge in [-0.2, -0.15) is 0 Å². The average molecular weight is 169 g/mol. The minimum Gasteiger partial charge on any atom is -0.391 e. The average Bonchev–Trinajstić information content (AvgIpc) is 2.11. The van der Waals surface area contributed by atoms with Crippen molar-refractivity contribution in [2.24, 2.45) is 5.92 Å². The molecule has 1 N–H and O–H groups in total. The summed E-state index contributed by atoms with van der Waals surface area (Å²) in [4.78, 5) is 2.15. The van der Waals surface area contributed by atoms with Gasteiger partial charge in [0.15, 0.2) is 0 Å². The molecule has 2 heteroatoms. The summed E-state index contributed by atoms with van der Waals surface area (Å²) in [6, 6.07) is 0. The highest BCUT2D eigenvalue weighted by atomic mass is 16.3. The van der Waals surface area contributed by atoms with E-state index in [1.807, 2.05) is 7.05 Å². The van der Waals surface area contributed by atoms with E-state index in [0.29, 0.717) is 5.92 Å². The van der Waals surface area contributed by atoms with Crippen molar-refractivity contribution >= 4 is 0 Å². The smallest absolute Gasteiger partial charge is 0.0704 e. The zero-order valence-corrected chi connectivity index (χ0v) is 8.25. The van der Waals surface area contributed by atoms with Gasteiger partial charge in [-0.1, -0.05) is 25.5 Å². The first-order valence-electron chi connectivity index (χ1n) is 4.65. The Bertz CT molecular complexity index is 175. The molecule has 1 aliphatic rings. The van der Waals surface area contributed by atoms with Crippen LogP contribution in [0, 0.1) is 5.92 Å². The van der Waals surface area contributed by atoms with Crippen LogP contribution in [-0.4, -0.2) is 36.2 Å². The van der Waals surface area contributed by atoms with E-state index in [4.69, 9.17) is 0 Å². The molecule has 0 spiro atoms. The molecule has 1 rings (SSSR count). The van der Waals surface area contributed by atoms with Gasteiger partial charge in [0.2, 0.25) is 0 Å². The second-order valence-electron chi connectivity index (χ2n) is 4.01. The molecule has 0 fully saturated rings. The summed E-state index contributed by atoms with van der Waals surface area (Å²) in [5.41, 5.74) is 1.40. The Labute approximate surface area is 74.9 Å². The summed E-state index contributed by atoms with van der Waals surface area (Å²) in [6.07, 6.45) is 2.93. The van der Waals surface area contributed by atoms with Crippen molar-refractivity contribution in [3.05, 3.63) is 11.6 Å². The van der Waals surface area contributed by atoms with Gasteiger partial charge in [0.25, 0.3) is 0 Å². The molecule has 0 unspecified atom stereocenters. The van der Waals surface area contributed by atoms with Gasteiger partial charge in [-0.3, -0.25) is 0 Å². The quantitative estimate of drug-likeness (QED) is 0.597. The van der Waals surface area contributed by atoms with Crippen LogP contribution in [0.3, 0.4) is 0 Å². The number of aliphatic hydroxyl groups excluding tert-OH is 1. The van der Waals surface area contributed by atoms with E-state index >= 15 is 0 Å². The molecule has 0 aliphatic carbocycles. The van der Waals surface area contributed by atoms with Gasteiger partial charge in [0.05, 0.1) is 6.10 Å². The van der Waals surface area contributed by atoms with E-state index in [9.17, 15) is 5.11 Å². The van der Waals surface area contributed by atoms with Crippen molar-refractivity contribution in [1.82, 2.24) is 4.90 Å². The molecule has 0 aromatic rings. The first-order chi connectivity index (χ1) is 5.59. The van der Waals surface area contributed by atoms with Crippen molar-refractivity contribution in [2.45, 2.75) is 26.4 Å². The van der Waals surface area contributed by atoms with Crippen LogP contribution < -0.4 is 0 Å². The Morgan fingerprint density at radius 2 is 2.25 bits per heavy atom. The summed E-state index contributed by atoms with van der Waals surface area (Å²) in [6.45, 7) is 6.14. The van der Waals surface area contributed by atoms with Crippen molar-refractivity contribution in [1.29, 1.82) is 0 Å². The van der Waals surface area contributed by atoms with E-state index in [1.165, 1.54) is 5.57 Å². The van der Waals surface area contributed by atoms with Crippen LogP contribution in [-0.2, 0) is 0 Å². The molecule has 1 atom stereocenters. The van der Waals surface area contributed by atoms with Crippen molar-refractivity contribution in [2.75, 3.05) is 20.1 Å². The van der Waals surface area contributed by atoms with E-state index in [1.54, 1.807) is 0 Å². The third-order valence-corrected chi connectivity index (χ3v) is 2.40. The largest absolute Gasteiger partial charge is 0.391 e. The molecule has 0 saturated heterocycles. The lowest BCUT2D eigenvalue weighted by molar-refractivity contribution is 0.134. The molecule has 0 radical (unpaired) electrons. The maximum absolute atomic E-state index is 9.60. The Kier molecular flexibility index (Phi) is 3.29. The SMILES string of the molecule is CC(C)C1=CCN(C)C[C@@H](O)C1. The summed E-state index contributed by atoms with van der Waals surface area (Å²) in [7, 11) is 2.04. The van der Waals surface area contributed by atoms with Gasteiger partial charge in [0.1, 0.15) is 0 Å². The van der Waals surface area contributed by atoms with Gasteiger partial charge >= 0.3 is 0 Å². The Morgan fingerprint density at radius 1 is 1.58 bits per heavy atom. The number of β-amino-alcohol motifs (C(OH)–C–C–N with tert-alkyl or cyclic N) is 1. The molecule has 70 valence electrons. The third-order valence-electron chi connectivity index (χ3n) is 2.40. The number of likely N-dealkylation sites (N-methyl/N-ethyl adjacent to an activating group) is 1. The normalized spacial score (nSPS) is 27.1. The van der Waals surface area contributed by atoms with Crippen LogP contribution in [0.2, 0.25) is 0 Å². The van der Waals surface area contributed by atoms with Crippen LogP contribution in [0.25, 0.3) is 0 Å². The number of rotatable bonds is 1. The molecule has 0 saturated carbocycles. The highest BCUT2D eigenvalue weighted by Crippen LogP contribution is 2.18. The third kappa shape index (κ3) is 2.61. The van der Waals surface area contributed by atoms with Crippen LogP contribution in [0.5, 0.6) is 0 Å². The van der Waals surface area contributed by atoms with Crippen molar-refractivity contribution in [3.63, 3.8) is 0 Å². The Morgan fingerprint density at radius 3 is 2.83 bits per heavy atom. The molecule has 2 nitrogen and oxygen atoms in total. The monoisotopic (exact) mass is 169 g/mol. The van der Waals surface area contributed by atoms with Gasteiger partial charge < -0.3 is 10.0 Å². The summed E-state index contributed by atoms with van der Waals surface area (Å²) < 4.78 is 0. The van der Waals surface area contributed by atoms with Crippen LogP contribution in [0.15, 0.2) is 11.6 Å². The molecular weight excluding hydrogens is 150 g/mol. The molecule has 0 amide bonds.